The summed E-state index contributed by atoms with van der Waals surface area (Å²) in [4.78, 5) is 30.2. The standard InChI is InChI=1S/C17H22N4O2S.ClH/c1-3-21(4-2)17(23)13-7-5-12(6-8-13)10-19-16(22)14-11-24-15(9-18)20-14;/h5-8,11H,3-4,9-10,18H2,1-2H3,(H,19,22);1H. The summed E-state index contributed by atoms with van der Waals surface area (Å²) in [5, 5.41) is 5.25. The third kappa shape index (κ3) is 5.52. The maximum Gasteiger partial charge on any atom is 0.271 e. The number of nitrogens with two attached hydrogens (primary N) is 1. The first-order valence-electron chi connectivity index (χ1n) is 7.89. The maximum atomic E-state index is 12.2. The highest BCUT2D eigenvalue weighted by atomic mass is 35.5. The van der Waals surface area contributed by atoms with Crippen molar-refractivity contribution < 1.29 is 9.59 Å². The third-order valence-corrected chi connectivity index (χ3v) is 4.53. The fourth-order valence-corrected chi connectivity index (χ4v) is 2.90. The van der Waals surface area contributed by atoms with Gasteiger partial charge in [-0.25, -0.2) is 4.98 Å². The predicted octanol–water partition coefficient (Wildman–Crippen LogP) is 2.44. The van der Waals surface area contributed by atoms with Crippen LogP contribution in [0.4, 0.5) is 0 Å². The van der Waals surface area contributed by atoms with Crippen molar-refractivity contribution in [2.24, 2.45) is 5.73 Å². The quantitative estimate of drug-likeness (QED) is 0.769. The van der Waals surface area contributed by atoms with Gasteiger partial charge in [-0.1, -0.05) is 12.1 Å². The Balaban J connectivity index is 0.00000312. The van der Waals surface area contributed by atoms with Crippen molar-refractivity contribution in [3.05, 3.63) is 51.5 Å². The number of rotatable bonds is 7. The van der Waals surface area contributed by atoms with Crippen molar-refractivity contribution in [1.29, 1.82) is 0 Å². The number of hydrogen-bond donors (Lipinski definition) is 2. The minimum absolute atomic E-state index is 0. The van der Waals surface area contributed by atoms with Crippen molar-refractivity contribution in [3.8, 4) is 0 Å². The minimum Gasteiger partial charge on any atom is -0.347 e. The van der Waals surface area contributed by atoms with E-state index in [0.717, 1.165) is 10.6 Å². The molecule has 0 unspecified atom stereocenters. The summed E-state index contributed by atoms with van der Waals surface area (Å²) in [6.45, 7) is 6.00. The van der Waals surface area contributed by atoms with Gasteiger partial charge < -0.3 is 16.0 Å². The zero-order valence-corrected chi connectivity index (χ0v) is 16.0. The zero-order chi connectivity index (χ0) is 17.5. The second-order valence-electron chi connectivity index (χ2n) is 5.19. The number of thiazole rings is 1. The van der Waals surface area contributed by atoms with Crippen molar-refractivity contribution in [2.75, 3.05) is 13.1 Å². The van der Waals surface area contributed by atoms with Crippen LogP contribution in [0.25, 0.3) is 0 Å². The van der Waals surface area contributed by atoms with E-state index in [1.54, 1.807) is 22.4 Å². The Kier molecular flexibility index (Phi) is 8.54. The van der Waals surface area contributed by atoms with E-state index < -0.39 is 0 Å². The van der Waals surface area contributed by atoms with E-state index in [9.17, 15) is 9.59 Å². The molecule has 136 valence electrons. The van der Waals surface area contributed by atoms with Crippen molar-refractivity contribution >= 4 is 35.6 Å². The summed E-state index contributed by atoms with van der Waals surface area (Å²) in [7, 11) is 0. The topological polar surface area (TPSA) is 88.3 Å². The average Bonchev–Trinajstić information content (AvgIpc) is 3.10. The first-order chi connectivity index (χ1) is 11.6. The molecule has 1 aromatic carbocycles. The van der Waals surface area contributed by atoms with Crippen LogP contribution in [0.15, 0.2) is 29.6 Å². The average molecular weight is 383 g/mol. The Morgan fingerprint density at radius 1 is 1.20 bits per heavy atom. The summed E-state index contributed by atoms with van der Waals surface area (Å²) in [5.74, 6) is -0.207. The molecule has 1 aromatic heterocycles. The van der Waals surface area contributed by atoms with Crippen molar-refractivity contribution in [2.45, 2.75) is 26.9 Å². The number of carbonyl (C=O) groups excluding carboxylic acids is 2. The number of hydrogen-bond acceptors (Lipinski definition) is 5. The summed E-state index contributed by atoms with van der Waals surface area (Å²) < 4.78 is 0. The molecular weight excluding hydrogens is 360 g/mol. The molecule has 25 heavy (non-hydrogen) atoms. The Bertz CT molecular complexity index is 699. The minimum atomic E-state index is -0.228. The molecule has 0 bridgehead atoms. The van der Waals surface area contributed by atoms with Crippen LogP contribution in [0.3, 0.4) is 0 Å². The van der Waals surface area contributed by atoms with Crippen LogP contribution < -0.4 is 11.1 Å². The van der Waals surface area contributed by atoms with Crippen LogP contribution in [0.1, 0.15) is 45.3 Å². The van der Waals surface area contributed by atoms with Gasteiger partial charge in [0.05, 0.1) is 0 Å². The van der Waals surface area contributed by atoms with Gasteiger partial charge in [-0.05, 0) is 31.5 Å². The lowest BCUT2D eigenvalue weighted by molar-refractivity contribution is 0.0772. The van der Waals surface area contributed by atoms with E-state index in [1.807, 2.05) is 26.0 Å². The van der Waals surface area contributed by atoms with Crippen LogP contribution in [-0.2, 0) is 13.1 Å². The molecule has 2 aromatic rings. The molecule has 3 N–H and O–H groups in total. The van der Waals surface area contributed by atoms with E-state index in [2.05, 4.69) is 10.3 Å². The fraction of sp³-hybridized carbons (Fsp3) is 0.353. The number of aromatic nitrogens is 1. The van der Waals surface area contributed by atoms with E-state index in [0.29, 0.717) is 37.4 Å². The molecule has 0 spiro atoms. The second-order valence-corrected chi connectivity index (χ2v) is 6.13. The van der Waals surface area contributed by atoms with Gasteiger partial charge in [0.15, 0.2) is 0 Å². The number of carbonyl (C=O) groups is 2. The van der Waals surface area contributed by atoms with Gasteiger partial charge in [0.1, 0.15) is 10.7 Å². The first kappa shape index (κ1) is 21.1. The SMILES string of the molecule is CCN(CC)C(=O)c1ccc(CNC(=O)c2csc(CN)n2)cc1.Cl. The molecule has 0 saturated heterocycles. The van der Waals surface area contributed by atoms with Crippen LogP contribution in [0, 0.1) is 0 Å². The molecule has 6 nitrogen and oxygen atoms in total. The van der Waals surface area contributed by atoms with E-state index >= 15 is 0 Å². The van der Waals surface area contributed by atoms with Gasteiger partial charge in [0.25, 0.3) is 11.8 Å². The fourth-order valence-electron chi connectivity index (χ4n) is 2.24. The van der Waals surface area contributed by atoms with Gasteiger partial charge in [0, 0.05) is 37.1 Å². The van der Waals surface area contributed by atoms with Gasteiger partial charge in [-0.2, -0.15) is 0 Å². The summed E-state index contributed by atoms with van der Waals surface area (Å²) >= 11 is 1.37. The van der Waals surface area contributed by atoms with E-state index in [1.165, 1.54) is 11.3 Å². The smallest absolute Gasteiger partial charge is 0.271 e. The Labute approximate surface area is 157 Å². The molecule has 0 aliphatic heterocycles. The van der Waals surface area contributed by atoms with Gasteiger partial charge in [-0.15, -0.1) is 23.7 Å². The van der Waals surface area contributed by atoms with E-state index in [4.69, 9.17) is 5.73 Å². The monoisotopic (exact) mass is 382 g/mol. The molecule has 0 atom stereocenters. The molecule has 1 heterocycles. The largest absolute Gasteiger partial charge is 0.347 e. The Morgan fingerprint density at radius 2 is 1.84 bits per heavy atom. The third-order valence-electron chi connectivity index (χ3n) is 3.66. The predicted molar refractivity (Wildman–Crippen MR) is 102 cm³/mol. The van der Waals surface area contributed by atoms with Gasteiger partial charge in [0.2, 0.25) is 0 Å². The highest BCUT2D eigenvalue weighted by Crippen LogP contribution is 2.10. The number of nitrogens with zero attached hydrogens (tertiary/aromatic N) is 2. The molecule has 0 fully saturated rings. The number of nitrogens with one attached hydrogen (secondary N) is 1. The summed E-state index contributed by atoms with van der Waals surface area (Å²) in [6, 6.07) is 7.28. The number of benzene rings is 1. The second kappa shape index (κ2) is 10.1. The van der Waals surface area contributed by atoms with Crippen molar-refractivity contribution in [3.63, 3.8) is 0 Å². The Hall–Kier alpha value is -1.96. The molecular formula is C17H23ClN4O2S. The molecule has 0 saturated carbocycles. The number of amides is 2. The van der Waals surface area contributed by atoms with Gasteiger partial charge in [-0.3, -0.25) is 9.59 Å². The molecule has 0 aliphatic carbocycles. The summed E-state index contributed by atoms with van der Waals surface area (Å²) in [5.41, 5.74) is 7.45. The van der Waals surface area contributed by atoms with Crippen LogP contribution in [-0.4, -0.2) is 34.8 Å². The van der Waals surface area contributed by atoms with Gasteiger partial charge >= 0.3 is 0 Å². The number of halogens is 1. The highest BCUT2D eigenvalue weighted by Gasteiger charge is 2.13. The maximum absolute atomic E-state index is 12.2. The lowest BCUT2D eigenvalue weighted by Crippen LogP contribution is -2.30. The molecule has 2 amide bonds. The molecule has 0 radical (unpaired) electrons. The summed E-state index contributed by atoms with van der Waals surface area (Å²) in [6.07, 6.45) is 0. The Morgan fingerprint density at radius 3 is 2.36 bits per heavy atom. The van der Waals surface area contributed by atoms with Crippen LogP contribution in [0.2, 0.25) is 0 Å². The normalized spacial score (nSPS) is 10.0. The molecule has 2 rings (SSSR count). The first-order valence-corrected chi connectivity index (χ1v) is 8.77. The lowest BCUT2D eigenvalue weighted by Gasteiger charge is -2.18. The molecule has 8 heteroatoms. The van der Waals surface area contributed by atoms with Crippen molar-refractivity contribution in [1.82, 2.24) is 15.2 Å². The lowest BCUT2D eigenvalue weighted by atomic mass is 10.1. The highest BCUT2D eigenvalue weighted by molar-refractivity contribution is 7.09. The van der Waals surface area contributed by atoms with Crippen LogP contribution >= 0.6 is 23.7 Å². The van der Waals surface area contributed by atoms with Crippen LogP contribution in [0.5, 0.6) is 0 Å². The zero-order valence-electron chi connectivity index (χ0n) is 14.3. The van der Waals surface area contributed by atoms with E-state index in [-0.39, 0.29) is 24.2 Å². The molecule has 0 aliphatic rings.